The van der Waals surface area contributed by atoms with Crippen LogP contribution in [-0.4, -0.2) is 50.7 Å². The molecule has 0 unspecified atom stereocenters. The van der Waals surface area contributed by atoms with E-state index in [0.717, 1.165) is 18.4 Å². The monoisotopic (exact) mass is 339 g/mol. The molecule has 2 N–H and O–H groups in total. The van der Waals surface area contributed by atoms with Crippen molar-refractivity contribution in [3.8, 4) is 0 Å². The molecule has 0 amide bonds. The van der Waals surface area contributed by atoms with Crippen LogP contribution in [-0.2, 0) is 16.1 Å². The van der Waals surface area contributed by atoms with Gasteiger partial charge in [0.1, 0.15) is 0 Å². The Hall–Kier alpha value is -1.89. The molecule has 7 heteroatoms. The number of hydrogen-bond donors (Lipinski definition) is 2. The Morgan fingerprint density at radius 2 is 1.75 bits per heavy atom. The Bertz CT molecular complexity index is 472. The molecule has 1 aromatic heterocycles. The maximum absolute atomic E-state index is 8.36. The third-order valence-electron chi connectivity index (χ3n) is 4.61. The van der Waals surface area contributed by atoms with Crippen LogP contribution in [0.15, 0.2) is 12.5 Å². The molecular weight excluding hydrogens is 310 g/mol. The minimum atomic E-state index is -0.250. The van der Waals surface area contributed by atoms with Crippen molar-refractivity contribution < 1.29 is 19.8 Å². The van der Waals surface area contributed by atoms with E-state index in [2.05, 4.69) is 28.3 Å². The second-order valence-corrected chi connectivity index (χ2v) is 6.69. The molecule has 2 aliphatic rings. The lowest BCUT2D eigenvalue weighted by atomic mass is 9.78. The Kier molecular flexibility index (Phi) is 9.07. The third kappa shape index (κ3) is 6.31. The van der Waals surface area contributed by atoms with Crippen molar-refractivity contribution in [3.63, 3.8) is 0 Å². The van der Waals surface area contributed by atoms with Crippen molar-refractivity contribution in [2.45, 2.75) is 52.1 Å². The van der Waals surface area contributed by atoms with E-state index in [4.69, 9.17) is 19.8 Å². The lowest BCUT2D eigenvalue weighted by molar-refractivity contribution is -0.123. The third-order valence-corrected chi connectivity index (χ3v) is 4.61. The topological polar surface area (TPSA) is 95.7 Å². The largest absolute Gasteiger partial charge is 0.483 e. The average molecular weight is 339 g/mol. The molecule has 1 aromatic rings. The van der Waals surface area contributed by atoms with Gasteiger partial charge in [-0.15, -0.1) is 0 Å². The molecule has 1 saturated carbocycles. The quantitative estimate of drug-likeness (QED) is 0.822. The second-order valence-electron chi connectivity index (χ2n) is 6.69. The van der Waals surface area contributed by atoms with Crippen LogP contribution in [0.25, 0.3) is 0 Å². The first kappa shape index (κ1) is 20.2. The van der Waals surface area contributed by atoms with Gasteiger partial charge in [-0.25, -0.2) is 4.98 Å². The summed E-state index contributed by atoms with van der Waals surface area (Å²) in [6, 6.07) is 0.520. The fraction of sp³-hybridized carbons (Fsp3) is 0.706. The standard InChI is InChI=1S/C15H25N3.2CH2O2/c1-12(2)18-11-16-7-15(18)10-17-8-13-4-3-5-14(6-13)9-17;2*2-1-3/h7,11-14H,3-6,8-10H2,1-2H3;2*1H,(H,2,3)/t13-,14-;;/m0../s1. The number of carboxylic acid groups (broad SMARTS) is 2. The molecule has 24 heavy (non-hydrogen) atoms. The molecule has 2 bridgehead atoms. The van der Waals surface area contributed by atoms with Gasteiger partial charge in [-0.1, -0.05) is 6.42 Å². The maximum Gasteiger partial charge on any atom is 0.290 e. The van der Waals surface area contributed by atoms with Gasteiger partial charge in [-0.2, -0.15) is 0 Å². The van der Waals surface area contributed by atoms with Crippen LogP contribution in [0.4, 0.5) is 0 Å². The highest BCUT2D eigenvalue weighted by molar-refractivity contribution is 5.33. The average Bonchev–Trinajstić information content (AvgIpc) is 2.97. The van der Waals surface area contributed by atoms with Crippen LogP contribution in [0.3, 0.4) is 0 Å². The number of fused-ring (bicyclic) bond motifs is 2. The number of likely N-dealkylation sites (tertiary alicyclic amines) is 1. The highest BCUT2D eigenvalue weighted by atomic mass is 16.3. The number of imidazole rings is 1. The highest BCUT2D eigenvalue weighted by Gasteiger charge is 2.30. The van der Waals surface area contributed by atoms with Crippen LogP contribution in [0.1, 0.15) is 51.3 Å². The Morgan fingerprint density at radius 1 is 1.21 bits per heavy atom. The summed E-state index contributed by atoms with van der Waals surface area (Å²) in [6.45, 7) is 7.66. The predicted octanol–water partition coefficient (Wildman–Crippen LogP) is 2.49. The minimum Gasteiger partial charge on any atom is -0.483 e. The van der Waals surface area contributed by atoms with Gasteiger partial charge in [0.25, 0.3) is 12.9 Å². The molecule has 0 aromatic carbocycles. The highest BCUT2D eigenvalue weighted by Crippen LogP contribution is 2.34. The Balaban J connectivity index is 0.000000423. The summed E-state index contributed by atoms with van der Waals surface area (Å²) in [5, 5.41) is 13.8. The van der Waals surface area contributed by atoms with Crippen LogP contribution in [0.5, 0.6) is 0 Å². The zero-order chi connectivity index (χ0) is 17.9. The number of rotatable bonds is 3. The van der Waals surface area contributed by atoms with Gasteiger partial charge in [-0.05, 0) is 44.9 Å². The molecular formula is C17H29N3O4. The SMILES string of the molecule is CC(C)n1cncc1CN1C[C@H]2CCC[C@@H](C2)C1.O=CO.O=CO. The van der Waals surface area contributed by atoms with E-state index >= 15 is 0 Å². The smallest absolute Gasteiger partial charge is 0.290 e. The van der Waals surface area contributed by atoms with Crippen molar-refractivity contribution >= 4 is 12.9 Å². The number of hydrogen-bond acceptors (Lipinski definition) is 4. The lowest BCUT2D eigenvalue weighted by Gasteiger charge is -2.41. The van der Waals surface area contributed by atoms with E-state index in [-0.39, 0.29) is 12.9 Å². The normalized spacial score (nSPS) is 22.6. The first-order valence-electron chi connectivity index (χ1n) is 8.44. The van der Waals surface area contributed by atoms with Gasteiger partial charge in [0.15, 0.2) is 0 Å². The van der Waals surface area contributed by atoms with E-state index in [1.807, 2.05) is 12.5 Å². The molecule has 3 rings (SSSR count). The zero-order valence-corrected chi connectivity index (χ0v) is 14.5. The van der Waals surface area contributed by atoms with Crippen LogP contribution in [0, 0.1) is 11.8 Å². The van der Waals surface area contributed by atoms with Crippen LogP contribution in [0.2, 0.25) is 0 Å². The zero-order valence-electron chi connectivity index (χ0n) is 14.5. The summed E-state index contributed by atoms with van der Waals surface area (Å²) >= 11 is 0. The Morgan fingerprint density at radius 3 is 2.25 bits per heavy atom. The van der Waals surface area contributed by atoms with Crippen LogP contribution >= 0.6 is 0 Å². The summed E-state index contributed by atoms with van der Waals surface area (Å²) < 4.78 is 2.31. The number of nitrogens with zero attached hydrogens (tertiary/aromatic N) is 3. The van der Waals surface area contributed by atoms with Gasteiger partial charge in [0, 0.05) is 31.9 Å². The fourth-order valence-electron chi connectivity index (χ4n) is 3.82. The van der Waals surface area contributed by atoms with E-state index in [1.165, 1.54) is 44.5 Å². The van der Waals surface area contributed by atoms with Crippen molar-refractivity contribution in [3.05, 3.63) is 18.2 Å². The second kappa shape index (κ2) is 10.8. The lowest BCUT2D eigenvalue weighted by Crippen LogP contribution is -2.42. The molecule has 2 heterocycles. The summed E-state index contributed by atoms with van der Waals surface area (Å²) in [7, 11) is 0. The van der Waals surface area contributed by atoms with E-state index < -0.39 is 0 Å². The van der Waals surface area contributed by atoms with E-state index in [1.54, 1.807) is 0 Å². The van der Waals surface area contributed by atoms with Gasteiger partial charge < -0.3 is 14.8 Å². The number of piperidine rings is 1. The van der Waals surface area contributed by atoms with Gasteiger partial charge >= 0.3 is 0 Å². The first-order chi connectivity index (χ1) is 11.5. The Labute approximate surface area is 143 Å². The summed E-state index contributed by atoms with van der Waals surface area (Å²) in [5.41, 5.74) is 1.38. The molecule has 1 aliphatic heterocycles. The van der Waals surface area contributed by atoms with E-state index in [0.29, 0.717) is 6.04 Å². The summed E-state index contributed by atoms with van der Waals surface area (Å²) in [4.78, 5) is 23.7. The molecule has 0 radical (unpaired) electrons. The molecule has 136 valence electrons. The molecule has 0 spiro atoms. The van der Waals surface area contributed by atoms with Crippen molar-refractivity contribution in [2.75, 3.05) is 13.1 Å². The van der Waals surface area contributed by atoms with E-state index in [9.17, 15) is 0 Å². The summed E-state index contributed by atoms with van der Waals surface area (Å²) in [6.07, 6.45) is 9.88. The molecule has 2 fully saturated rings. The van der Waals surface area contributed by atoms with Crippen molar-refractivity contribution in [1.29, 1.82) is 0 Å². The molecule has 7 nitrogen and oxygen atoms in total. The van der Waals surface area contributed by atoms with Crippen molar-refractivity contribution in [1.82, 2.24) is 14.5 Å². The molecule has 1 aliphatic carbocycles. The van der Waals surface area contributed by atoms with Gasteiger partial charge in [-0.3, -0.25) is 14.5 Å². The first-order valence-corrected chi connectivity index (χ1v) is 8.44. The van der Waals surface area contributed by atoms with Gasteiger partial charge in [0.05, 0.1) is 12.0 Å². The predicted molar refractivity (Wildman–Crippen MR) is 90.7 cm³/mol. The molecule has 2 atom stereocenters. The van der Waals surface area contributed by atoms with Gasteiger partial charge in [0.2, 0.25) is 0 Å². The summed E-state index contributed by atoms with van der Waals surface area (Å²) in [5.74, 6) is 1.93. The maximum atomic E-state index is 8.36. The molecule has 1 saturated heterocycles. The fourth-order valence-corrected chi connectivity index (χ4v) is 3.82. The number of carbonyl (C=O) groups is 2. The van der Waals surface area contributed by atoms with Crippen LogP contribution < -0.4 is 0 Å². The van der Waals surface area contributed by atoms with Crippen molar-refractivity contribution in [2.24, 2.45) is 11.8 Å². The number of aromatic nitrogens is 2. The minimum absolute atomic E-state index is 0.250.